The van der Waals surface area contributed by atoms with E-state index in [9.17, 15) is 0 Å². The lowest BCUT2D eigenvalue weighted by Gasteiger charge is -2.26. The fourth-order valence-electron chi connectivity index (χ4n) is 9.88. The Hall–Kier alpha value is -7.98. The van der Waals surface area contributed by atoms with Gasteiger partial charge in [-0.2, -0.15) is 0 Å². The highest BCUT2D eigenvalue weighted by molar-refractivity contribution is 7.25. The first-order chi connectivity index (χ1) is 31.2. The number of thiophene rings is 1. The average molecular weight is 819 g/mol. The molecule has 0 saturated heterocycles. The molecule has 0 atom stereocenters. The number of hydrogen-bond donors (Lipinski definition) is 0. The summed E-state index contributed by atoms with van der Waals surface area (Å²) in [6, 6.07) is 82.5. The van der Waals surface area contributed by atoms with Gasteiger partial charge in [0.1, 0.15) is 0 Å². The van der Waals surface area contributed by atoms with E-state index in [4.69, 9.17) is 0 Å². The zero-order chi connectivity index (χ0) is 41.4. The summed E-state index contributed by atoms with van der Waals surface area (Å²) in [6.45, 7) is 0. The van der Waals surface area contributed by atoms with E-state index in [2.05, 4.69) is 240 Å². The number of nitrogens with zero attached hydrogens (tertiary/aromatic N) is 2. The van der Waals surface area contributed by atoms with Crippen LogP contribution in [0.1, 0.15) is 0 Å². The first-order valence-electron chi connectivity index (χ1n) is 21.6. The van der Waals surface area contributed by atoms with Crippen molar-refractivity contribution in [2.45, 2.75) is 0 Å². The van der Waals surface area contributed by atoms with Crippen LogP contribution in [0.15, 0.2) is 231 Å². The minimum Gasteiger partial charge on any atom is -0.315 e. The summed E-state index contributed by atoms with van der Waals surface area (Å²) in [7, 11) is 0. The third-order valence-corrected chi connectivity index (χ3v) is 14.1. The van der Waals surface area contributed by atoms with Gasteiger partial charge in [0.2, 0.25) is 0 Å². The molecule has 0 fully saturated rings. The van der Waals surface area contributed by atoms with Gasteiger partial charge >= 0.3 is 0 Å². The van der Waals surface area contributed by atoms with E-state index in [-0.39, 0.29) is 0 Å². The first kappa shape index (κ1) is 35.7. The summed E-state index contributed by atoms with van der Waals surface area (Å²) in [5, 5.41) is 11.3. The number of benzene rings is 10. The van der Waals surface area contributed by atoms with Gasteiger partial charge < -0.3 is 9.30 Å². The van der Waals surface area contributed by atoms with Crippen molar-refractivity contribution >= 4 is 97.3 Å². The van der Waals surface area contributed by atoms with Crippen LogP contribution in [-0.4, -0.2) is 4.40 Å². The maximum atomic E-state index is 2.41. The number of aromatic nitrogens is 1. The lowest BCUT2D eigenvalue weighted by molar-refractivity contribution is 1.28. The Bertz CT molecular complexity index is 3910. The summed E-state index contributed by atoms with van der Waals surface area (Å²) in [5.74, 6) is 0. The number of anilines is 3. The molecule has 0 N–H and O–H groups in total. The van der Waals surface area contributed by atoms with E-state index in [1.54, 1.807) is 0 Å². The molecule has 2 nitrogen and oxygen atoms in total. The third kappa shape index (κ3) is 5.93. The zero-order valence-electron chi connectivity index (χ0n) is 34.2. The van der Waals surface area contributed by atoms with Crippen molar-refractivity contribution in [3.63, 3.8) is 0 Å². The van der Waals surface area contributed by atoms with Gasteiger partial charge in [0.15, 0.2) is 0 Å². The number of para-hydroxylation sites is 1. The van der Waals surface area contributed by atoms with Crippen LogP contribution in [0.5, 0.6) is 0 Å². The highest BCUT2D eigenvalue weighted by atomic mass is 32.1. The fourth-order valence-corrected chi connectivity index (χ4v) is 11.0. The third-order valence-electron chi connectivity index (χ3n) is 12.9. The van der Waals surface area contributed by atoms with Crippen LogP contribution >= 0.6 is 11.3 Å². The SMILES string of the molecule is c1ccc(-c2c3ccccc3n3cc4cc(-c5cccc(-c6ccc(N(c7ccc8c(ccc9ccccc98)c7)c7ccc8sc9ccccc9c8c7)cc6)c5)ccc4cc23)cc1. The normalized spacial score (nSPS) is 11.8. The van der Waals surface area contributed by atoms with Crippen LogP contribution in [0.2, 0.25) is 0 Å². The second kappa shape index (κ2) is 14.3. The lowest BCUT2D eigenvalue weighted by atomic mass is 9.97. The van der Waals surface area contributed by atoms with E-state index in [0.717, 1.165) is 17.1 Å². The van der Waals surface area contributed by atoms with Crippen LogP contribution in [0.4, 0.5) is 17.1 Å². The predicted octanol–water partition coefficient (Wildman–Crippen LogP) is 17.4. The molecular weight excluding hydrogens is 781 g/mol. The maximum absolute atomic E-state index is 2.41. The summed E-state index contributed by atoms with van der Waals surface area (Å²) < 4.78 is 4.98. The molecule has 0 radical (unpaired) electrons. The Morgan fingerprint density at radius 2 is 0.921 bits per heavy atom. The first-order valence-corrected chi connectivity index (χ1v) is 22.4. The average Bonchev–Trinajstić information content (AvgIpc) is 3.88. The molecule has 0 amide bonds. The Kier molecular flexibility index (Phi) is 8.12. The topological polar surface area (TPSA) is 7.65 Å². The molecular formula is C60H38N2S. The molecule has 0 spiro atoms. The van der Waals surface area contributed by atoms with Gasteiger partial charge in [-0.3, -0.25) is 0 Å². The predicted molar refractivity (Wildman–Crippen MR) is 271 cm³/mol. The van der Waals surface area contributed by atoms with E-state index in [0.29, 0.717) is 0 Å². The molecule has 0 saturated carbocycles. The van der Waals surface area contributed by atoms with Crippen LogP contribution in [0, 0.1) is 0 Å². The highest BCUT2D eigenvalue weighted by Gasteiger charge is 2.18. The Morgan fingerprint density at radius 1 is 0.302 bits per heavy atom. The number of pyridine rings is 1. The summed E-state index contributed by atoms with van der Waals surface area (Å²) in [4.78, 5) is 2.41. The van der Waals surface area contributed by atoms with Gasteiger partial charge in [0, 0.05) is 54.4 Å². The van der Waals surface area contributed by atoms with Crippen molar-refractivity contribution in [2.24, 2.45) is 0 Å². The zero-order valence-corrected chi connectivity index (χ0v) is 35.1. The minimum absolute atomic E-state index is 1.11. The lowest BCUT2D eigenvalue weighted by Crippen LogP contribution is -2.09. The van der Waals surface area contributed by atoms with Crippen molar-refractivity contribution in [3.8, 4) is 33.4 Å². The summed E-state index contributed by atoms with van der Waals surface area (Å²) in [5.41, 5.74) is 13.1. The Morgan fingerprint density at radius 3 is 1.81 bits per heavy atom. The van der Waals surface area contributed by atoms with Crippen molar-refractivity contribution in [3.05, 3.63) is 231 Å². The van der Waals surface area contributed by atoms with Gasteiger partial charge in [-0.25, -0.2) is 0 Å². The molecule has 63 heavy (non-hydrogen) atoms. The van der Waals surface area contributed by atoms with Gasteiger partial charge in [0.05, 0.1) is 11.0 Å². The second-order valence-corrected chi connectivity index (χ2v) is 17.6. The van der Waals surface area contributed by atoms with Gasteiger partial charge in [-0.15, -0.1) is 11.3 Å². The largest absolute Gasteiger partial charge is 0.315 e. The minimum atomic E-state index is 1.11. The van der Waals surface area contributed by atoms with E-state index < -0.39 is 0 Å². The number of hydrogen-bond acceptors (Lipinski definition) is 2. The Balaban J connectivity index is 0.884. The highest BCUT2D eigenvalue weighted by Crippen LogP contribution is 2.43. The number of rotatable bonds is 6. The molecule has 0 aliphatic rings. The van der Waals surface area contributed by atoms with E-state index in [1.807, 2.05) is 11.3 Å². The molecule has 294 valence electrons. The Labute approximate surface area is 368 Å². The van der Waals surface area contributed by atoms with Crippen molar-refractivity contribution in [1.82, 2.24) is 4.40 Å². The van der Waals surface area contributed by atoms with E-state index in [1.165, 1.54) is 102 Å². The van der Waals surface area contributed by atoms with Crippen LogP contribution < -0.4 is 4.90 Å². The van der Waals surface area contributed by atoms with Crippen molar-refractivity contribution in [1.29, 1.82) is 0 Å². The molecule has 0 bridgehead atoms. The quantitative estimate of drug-likeness (QED) is 0.152. The standard InChI is InChI=1S/C60H38N2S/c1-2-12-41(13-3-1)60-54-18-6-8-19-56(54)61-38-47-34-44(22-23-45(47)36-57(60)61)43-15-10-14-42(33-43)39-25-27-48(28-26-39)62(50-30-32-59-55(37-50)53-17-7-9-20-58(53)63-59)49-29-31-52-46(35-49)24-21-40-11-4-5-16-51(40)52/h1-38H. The summed E-state index contributed by atoms with van der Waals surface area (Å²) >= 11 is 1.86. The van der Waals surface area contributed by atoms with Crippen LogP contribution in [-0.2, 0) is 0 Å². The van der Waals surface area contributed by atoms with Gasteiger partial charge in [-0.05, 0) is 133 Å². The smallest absolute Gasteiger partial charge is 0.0547 e. The fraction of sp³-hybridized carbons (Fsp3) is 0. The molecule has 13 rings (SSSR count). The molecule has 3 heterocycles. The van der Waals surface area contributed by atoms with Gasteiger partial charge in [-0.1, -0.05) is 152 Å². The molecule has 13 aromatic rings. The molecule has 0 unspecified atom stereocenters. The molecule has 10 aromatic carbocycles. The molecule has 3 heteroatoms. The van der Waals surface area contributed by atoms with Crippen LogP contribution in [0.3, 0.4) is 0 Å². The molecule has 3 aromatic heterocycles. The van der Waals surface area contributed by atoms with Crippen molar-refractivity contribution in [2.75, 3.05) is 4.90 Å². The van der Waals surface area contributed by atoms with Gasteiger partial charge in [0.25, 0.3) is 0 Å². The molecule has 0 aliphatic carbocycles. The molecule has 0 aliphatic heterocycles. The monoisotopic (exact) mass is 818 g/mol. The van der Waals surface area contributed by atoms with E-state index >= 15 is 0 Å². The number of fused-ring (bicyclic) bond motifs is 10. The second-order valence-electron chi connectivity index (χ2n) is 16.6. The summed E-state index contributed by atoms with van der Waals surface area (Å²) in [6.07, 6.45) is 2.31. The maximum Gasteiger partial charge on any atom is 0.0547 e. The van der Waals surface area contributed by atoms with Crippen LogP contribution in [0.25, 0.3) is 102 Å². The van der Waals surface area contributed by atoms with Crippen molar-refractivity contribution < 1.29 is 0 Å².